The summed E-state index contributed by atoms with van der Waals surface area (Å²) in [6.45, 7) is 2.33. The normalized spacial score (nSPS) is 10.1. The maximum Gasteiger partial charge on any atom is 0.257 e. The summed E-state index contributed by atoms with van der Waals surface area (Å²) in [5.41, 5.74) is 1.39. The topological polar surface area (TPSA) is 64.1 Å². The molecule has 2 aromatic rings. The third kappa shape index (κ3) is 2.84. The first-order valence-corrected chi connectivity index (χ1v) is 6.27. The zero-order valence-electron chi connectivity index (χ0n) is 10.1. The van der Waals surface area contributed by atoms with Crippen LogP contribution in [0.2, 0.25) is 0 Å². The predicted molar refractivity (Wildman–Crippen MR) is 68.8 cm³/mol. The van der Waals surface area contributed by atoms with Gasteiger partial charge in [-0.15, -0.1) is 11.3 Å². The van der Waals surface area contributed by atoms with E-state index in [4.69, 9.17) is 4.74 Å². The number of ether oxygens (including phenoxy) is 1. The Bertz CT molecular complexity index is 554. The summed E-state index contributed by atoms with van der Waals surface area (Å²) in [6, 6.07) is 3.37. The highest BCUT2D eigenvalue weighted by molar-refractivity contribution is 7.09. The Morgan fingerprint density at radius 3 is 3.06 bits per heavy atom. The van der Waals surface area contributed by atoms with Crippen LogP contribution in [-0.4, -0.2) is 23.0 Å². The molecule has 0 aliphatic rings. The number of methoxy groups -OCH3 is 1. The molecule has 2 aromatic heterocycles. The molecule has 0 aromatic carbocycles. The first-order chi connectivity index (χ1) is 8.70. The van der Waals surface area contributed by atoms with Crippen LogP contribution in [0.3, 0.4) is 0 Å². The van der Waals surface area contributed by atoms with E-state index in [1.54, 1.807) is 18.3 Å². The molecule has 0 saturated carbocycles. The second-order valence-electron chi connectivity index (χ2n) is 3.63. The first kappa shape index (κ1) is 12.5. The highest BCUT2D eigenvalue weighted by atomic mass is 32.1. The van der Waals surface area contributed by atoms with Crippen LogP contribution in [0.4, 0.5) is 0 Å². The molecule has 0 radical (unpaired) electrons. The van der Waals surface area contributed by atoms with E-state index in [2.05, 4.69) is 15.3 Å². The number of thiazole rings is 1. The minimum absolute atomic E-state index is 0.215. The van der Waals surface area contributed by atoms with Gasteiger partial charge >= 0.3 is 0 Å². The van der Waals surface area contributed by atoms with E-state index in [0.29, 0.717) is 18.0 Å². The highest BCUT2D eigenvalue weighted by Crippen LogP contribution is 2.14. The lowest BCUT2D eigenvalue weighted by Crippen LogP contribution is -2.23. The Balaban J connectivity index is 2.03. The van der Waals surface area contributed by atoms with Crippen molar-refractivity contribution in [2.24, 2.45) is 0 Å². The van der Waals surface area contributed by atoms with Crippen LogP contribution in [0, 0.1) is 6.92 Å². The Labute approximate surface area is 109 Å². The number of carbonyl (C=O) groups excluding carboxylic acids is 1. The number of hydrogen-bond acceptors (Lipinski definition) is 5. The predicted octanol–water partition coefficient (Wildman–Crippen LogP) is 1.79. The number of hydrogen-bond donors (Lipinski definition) is 1. The average Bonchev–Trinajstić information content (AvgIpc) is 2.81. The summed E-state index contributed by atoms with van der Waals surface area (Å²) in [4.78, 5) is 20.2. The maximum absolute atomic E-state index is 12.0. The van der Waals surface area contributed by atoms with Crippen LogP contribution in [0.15, 0.2) is 23.7 Å². The molecule has 1 amide bonds. The van der Waals surface area contributed by atoms with Gasteiger partial charge in [-0.1, -0.05) is 0 Å². The largest absolute Gasteiger partial charge is 0.480 e. The third-order valence-corrected chi connectivity index (χ3v) is 3.24. The number of pyridine rings is 1. The number of aromatic nitrogens is 2. The van der Waals surface area contributed by atoms with E-state index in [-0.39, 0.29) is 5.91 Å². The van der Waals surface area contributed by atoms with E-state index in [0.717, 1.165) is 10.7 Å². The van der Waals surface area contributed by atoms with Crippen molar-refractivity contribution in [3.63, 3.8) is 0 Å². The van der Waals surface area contributed by atoms with Gasteiger partial charge in [-0.2, -0.15) is 0 Å². The summed E-state index contributed by atoms with van der Waals surface area (Å²) in [7, 11) is 1.49. The number of nitrogens with one attached hydrogen (secondary N) is 1. The number of carbonyl (C=O) groups is 1. The summed E-state index contributed by atoms with van der Waals surface area (Å²) in [5.74, 6) is 0.109. The molecule has 5 nitrogen and oxygen atoms in total. The second-order valence-corrected chi connectivity index (χ2v) is 4.57. The molecule has 94 valence electrons. The minimum Gasteiger partial charge on any atom is -0.480 e. The number of amides is 1. The second kappa shape index (κ2) is 5.59. The quantitative estimate of drug-likeness (QED) is 0.913. The van der Waals surface area contributed by atoms with Gasteiger partial charge in [-0.05, 0) is 19.1 Å². The Hall–Kier alpha value is -1.95. The van der Waals surface area contributed by atoms with Crippen LogP contribution in [0.1, 0.15) is 21.1 Å². The maximum atomic E-state index is 12.0. The fraction of sp³-hybridized carbons (Fsp3) is 0.250. The van der Waals surface area contributed by atoms with Gasteiger partial charge in [0.2, 0.25) is 5.88 Å². The number of rotatable bonds is 4. The van der Waals surface area contributed by atoms with Crippen molar-refractivity contribution in [2.45, 2.75) is 13.5 Å². The van der Waals surface area contributed by atoms with E-state index >= 15 is 0 Å². The molecule has 2 heterocycles. The zero-order valence-corrected chi connectivity index (χ0v) is 11.0. The monoisotopic (exact) mass is 263 g/mol. The zero-order chi connectivity index (χ0) is 13.0. The SMILES string of the molecule is COc1ncccc1C(=O)NCc1nc(C)cs1. The lowest BCUT2D eigenvalue weighted by molar-refractivity contribution is 0.0947. The number of aryl methyl sites for hydroxylation is 1. The fourth-order valence-corrected chi connectivity index (χ4v) is 2.17. The lowest BCUT2D eigenvalue weighted by Gasteiger charge is -2.06. The standard InChI is InChI=1S/C12H13N3O2S/c1-8-7-18-10(15-8)6-14-11(16)9-4-3-5-13-12(9)17-2/h3-5,7H,6H2,1-2H3,(H,14,16). The molecule has 2 rings (SSSR count). The van der Waals surface area contributed by atoms with Gasteiger partial charge < -0.3 is 10.1 Å². The smallest absolute Gasteiger partial charge is 0.257 e. The molecule has 0 unspecified atom stereocenters. The highest BCUT2D eigenvalue weighted by Gasteiger charge is 2.12. The number of nitrogens with zero attached hydrogens (tertiary/aromatic N) is 2. The summed E-state index contributed by atoms with van der Waals surface area (Å²) >= 11 is 1.52. The lowest BCUT2D eigenvalue weighted by atomic mass is 10.2. The molecule has 1 N–H and O–H groups in total. The van der Waals surface area contributed by atoms with Crippen LogP contribution < -0.4 is 10.1 Å². The molecular weight excluding hydrogens is 250 g/mol. The molecule has 0 aliphatic heterocycles. The summed E-state index contributed by atoms with van der Waals surface area (Å²) in [6.07, 6.45) is 1.58. The van der Waals surface area contributed by atoms with Crippen LogP contribution >= 0.6 is 11.3 Å². The van der Waals surface area contributed by atoms with Crippen LogP contribution in [0.25, 0.3) is 0 Å². The Kier molecular flexibility index (Phi) is 3.88. The van der Waals surface area contributed by atoms with Gasteiger partial charge in [0, 0.05) is 17.3 Å². The van der Waals surface area contributed by atoms with E-state index in [9.17, 15) is 4.79 Å². The van der Waals surface area contributed by atoms with Gasteiger partial charge in [0.15, 0.2) is 0 Å². The van der Waals surface area contributed by atoms with Crippen molar-refractivity contribution in [2.75, 3.05) is 7.11 Å². The van der Waals surface area contributed by atoms with Gasteiger partial charge in [0.25, 0.3) is 5.91 Å². The van der Waals surface area contributed by atoms with Crippen molar-refractivity contribution in [3.05, 3.63) is 40.0 Å². The van der Waals surface area contributed by atoms with Crippen molar-refractivity contribution < 1.29 is 9.53 Å². The molecule has 0 fully saturated rings. The third-order valence-electron chi connectivity index (χ3n) is 2.28. The van der Waals surface area contributed by atoms with E-state index < -0.39 is 0 Å². The van der Waals surface area contributed by atoms with Gasteiger partial charge in [-0.25, -0.2) is 9.97 Å². The van der Waals surface area contributed by atoms with Crippen molar-refractivity contribution >= 4 is 17.2 Å². The summed E-state index contributed by atoms with van der Waals surface area (Å²) < 4.78 is 5.04. The molecule has 0 bridgehead atoms. The van der Waals surface area contributed by atoms with Gasteiger partial charge in [0.05, 0.1) is 13.7 Å². The molecule has 0 saturated heterocycles. The molecule has 18 heavy (non-hydrogen) atoms. The molecule has 0 aliphatic carbocycles. The molecule has 6 heteroatoms. The van der Waals surface area contributed by atoms with Crippen LogP contribution in [0.5, 0.6) is 5.88 Å². The van der Waals surface area contributed by atoms with E-state index in [1.165, 1.54) is 18.4 Å². The molecular formula is C12H13N3O2S. The Morgan fingerprint density at radius 2 is 2.39 bits per heavy atom. The average molecular weight is 263 g/mol. The Morgan fingerprint density at radius 1 is 1.56 bits per heavy atom. The van der Waals surface area contributed by atoms with Gasteiger partial charge in [-0.3, -0.25) is 4.79 Å². The van der Waals surface area contributed by atoms with Crippen molar-refractivity contribution in [1.29, 1.82) is 0 Å². The van der Waals surface area contributed by atoms with Gasteiger partial charge in [0.1, 0.15) is 10.6 Å². The minimum atomic E-state index is -0.215. The first-order valence-electron chi connectivity index (χ1n) is 5.39. The molecule has 0 spiro atoms. The molecule has 0 atom stereocenters. The van der Waals surface area contributed by atoms with Crippen molar-refractivity contribution in [3.8, 4) is 5.88 Å². The van der Waals surface area contributed by atoms with Crippen LogP contribution in [-0.2, 0) is 6.54 Å². The van der Waals surface area contributed by atoms with Crippen molar-refractivity contribution in [1.82, 2.24) is 15.3 Å². The summed E-state index contributed by atoms with van der Waals surface area (Å²) in [5, 5.41) is 5.62. The fourth-order valence-electron chi connectivity index (χ4n) is 1.46. The van der Waals surface area contributed by atoms with E-state index in [1.807, 2.05) is 12.3 Å².